The highest BCUT2D eigenvalue weighted by Crippen LogP contribution is 2.28. The molecule has 0 radical (unpaired) electrons. The van der Waals surface area contributed by atoms with Gasteiger partial charge in [-0.1, -0.05) is 20.8 Å². The monoisotopic (exact) mass is 570 g/mol. The van der Waals surface area contributed by atoms with E-state index in [4.69, 9.17) is 19.3 Å². The molecule has 4 aromatic rings. The van der Waals surface area contributed by atoms with Gasteiger partial charge in [-0.15, -0.1) is 0 Å². The summed E-state index contributed by atoms with van der Waals surface area (Å²) < 4.78 is 18.9. The summed E-state index contributed by atoms with van der Waals surface area (Å²) in [5.74, 6) is 2.71. The van der Waals surface area contributed by atoms with Crippen LogP contribution in [0.25, 0.3) is 5.69 Å². The molecule has 2 amide bonds. The molecule has 0 bridgehead atoms. The summed E-state index contributed by atoms with van der Waals surface area (Å²) in [6.45, 7) is 11.5. The van der Waals surface area contributed by atoms with Gasteiger partial charge in [-0.05, 0) is 67.1 Å². The average molecular weight is 571 g/mol. The number of anilines is 2. The number of hydrogen-bond donors (Lipinski definition) is 2. The van der Waals surface area contributed by atoms with Gasteiger partial charge in [0.2, 0.25) is 0 Å². The van der Waals surface area contributed by atoms with Gasteiger partial charge in [0.05, 0.1) is 31.2 Å². The number of urea groups is 1. The van der Waals surface area contributed by atoms with Gasteiger partial charge in [-0.25, -0.2) is 9.48 Å². The predicted molar refractivity (Wildman–Crippen MR) is 163 cm³/mol. The molecule has 2 aromatic carbocycles. The second-order valence-electron chi connectivity index (χ2n) is 11.1. The molecule has 220 valence electrons. The second-order valence-corrected chi connectivity index (χ2v) is 11.1. The zero-order chi connectivity index (χ0) is 29.4. The van der Waals surface area contributed by atoms with Crippen LogP contribution in [0.1, 0.15) is 32.9 Å². The van der Waals surface area contributed by atoms with E-state index in [2.05, 4.69) is 41.3 Å². The molecular formula is C32H38N6O4. The third-order valence-corrected chi connectivity index (χ3v) is 6.79. The number of pyridine rings is 1. The van der Waals surface area contributed by atoms with Crippen LogP contribution in [0.5, 0.6) is 17.2 Å². The summed E-state index contributed by atoms with van der Waals surface area (Å²) >= 11 is 0. The number of hydrogen-bond acceptors (Lipinski definition) is 7. The number of morpholine rings is 1. The normalized spacial score (nSPS) is 13.9. The summed E-state index contributed by atoms with van der Waals surface area (Å²) in [7, 11) is 0. The fraction of sp³-hybridized carbons (Fsp3) is 0.344. The molecule has 1 fully saturated rings. The Labute approximate surface area is 246 Å². The fourth-order valence-corrected chi connectivity index (χ4v) is 4.45. The minimum Gasteiger partial charge on any atom is -0.494 e. The van der Waals surface area contributed by atoms with Crippen LogP contribution >= 0.6 is 0 Å². The van der Waals surface area contributed by atoms with Crippen molar-refractivity contribution in [1.82, 2.24) is 19.7 Å². The van der Waals surface area contributed by atoms with Crippen molar-refractivity contribution >= 4 is 17.5 Å². The van der Waals surface area contributed by atoms with Crippen LogP contribution in [0.15, 0.2) is 79.1 Å². The highest BCUT2D eigenvalue weighted by atomic mass is 16.5. The van der Waals surface area contributed by atoms with E-state index >= 15 is 0 Å². The van der Waals surface area contributed by atoms with Crippen molar-refractivity contribution in [2.24, 2.45) is 0 Å². The zero-order valence-electron chi connectivity index (χ0n) is 24.4. The Kier molecular flexibility index (Phi) is 9.35. The molecule has 0 atom stereocenters. The van der Waals surface area contributed by atoms with E-state index in [1.54, 1.807) is 53.5 Å². The van der Waals surface area contributed by atoms with E-state index in [1.807, 2.05) is 30.3 Å². The topological polar surface area (TPSA) is 103 Å². The summed E-state index contributed by atoms with van der Waals surface area (Å²) in [6, 6.07) is 20.0. The molecule has 0 unspecified atom stereocenters. The van der Waals surface area contributed by atoms with Crippen molar-refractivity contribution in [3.05, 3.63) is 84.8 Å². The van der Waals surface area contributed by atoms with Crippen LogP contribution in [0.2, 0.25) is 0 Å². The molecule has 3 heterocycles. The number of carbonyl (C=O) groups excluding carboxylic acids is 1. The summed E-state index contributed by atoms with van der Waals surface area (Å²) in [4.78, 5) is 19.4. The predicted octanol–water partition coefficient (Wildman–Crippen LogP) is 6.10. The first-order chi connectivity index (χ1) is 20.3. The Morgan fingerprint density at radius 1 is 0.905 bits per heavy atom. The van der Waals surface area contributed by atoms with Gasteiger partial charge in [0.1, 0.15) is 23.1 Å². The molecule has 1 saturated heterocycles. The van der Waals surface area contributed by atoms with Crippen LogP contribution in [-0.2, 0) is 10.2 Å². The van der Waals surface area contributed by atoms with E-state index < -0.39 is 0 Å². The minimum atomic E-state index is -0.375. The Morgan fingerprint density at radius 3 is 2.26 bits per heavy atom. The molecule has 2 aromatic heterocycles. The summed E-state index contributed by atoms with van der Waals surface area (Å²) in [6.07, 6.45) is 4.30. The average Bonchev–Trinajstić information content (AvgIpc) is 3.42. The molecule has 0 saturated carbocycles. The second kappa shape index (κ2) is 13.5. The molecular weight excluding hydrogens is 532 g/mol. The Morgan fingerprint density at radius 2 is 1.57 bits per heavy atom. The van der Waals surface area contributed by atoms with E-state index in [0.29, 0.717) is 29.6 Å². The van der Waals surface area contributed by atoms with Crippen LogP contribution < -0.4 is 20.1 Å². The van der Waals surface area contributed by atoms with Crippen molar-refractivity contribution in [2.75, 3.05) is 50.1 Å². The third kappa shape index (κ3) is 8.08. The quantitative estimate of drug-likeness (QED) is 0.222. The highest BCUT2D eigenvalue weighted by molar-refractivity contribution is 5.99. The fourth-order valence-electron chi connectivity index (χ4n) is 4.45. The van der Waals surface area contributed by atoms with Crippen LogP contribution in [0.3, 0.4) is 0 Å². The number of benzene rings is 2. The molecule has 10 heteroatoms. The van der Waals surface area contributed by atoms with E-state index in [0.717, 1.165) is 56.4 Å². The van der Waals surface area contributed by atoms with E-state index in [9.17, 15) is 4.79 Å². The minimum absolute atomic E-state index is 0.202. The molecule has 1 aliphatic heterocycles. The number of amides is 2. The SMILES string of the molecule is CC(C)(C)c1cc(NC(=O)Nc2ccc(Oc3ccncc3)cc2)n(-c2ccc(OCCCN3CCOCC3)cc2)n1. The van der Waals surface area contributed by atoms with Gasteiger partial charge < -0.3 is 19.5 Å². The van der Waals surface area contributed by atoms with Crippen molar-refractivity contribution in [3.63, 3.8) is 0 Å². The van der Waals surface area contributed by atoms with Gasteiger partial charge in [-0.3, -0.25) is 15.2 Å². The summed E-state index contributed by atoms with van der Waals surface area (Å²) in [5, 5.41) is 10.7. The number of rotatable bonds is 10. The maximum absolute atomic E-state index is 13.0. The molecule has 0 spiro atoms. The van der Waals surface area contributed by atoms with Crippen LogP contribution in [-0.4, -0.2) is 65.2 Å². The number of carbonyl (C=O) groups is 1. The molecule has 2 N–H and O–H groups in total. The Balaban J connectivity index is 1.20. The standard InChI is InChI=1S/C32H38N6O4/c1-32(2,3)29-23-30(35-31(39)34-24-5-9-27(10-6-24)42-28-13-15-33-16-14-28)38(36-29)25-7-11-26(12-8-25)41-20-4-17-37-18-21-40-22-19-37/h5-16,23H,4,17-22H2,1-3H3,(H2,34,35,39). The van der Waals surface area contributed by atoms with Crippen LogP contribution in [0, 0.1) is 0 Å². The van der Waals surface area contributed by atoms with Gasteiger partial charge in [0.25, 0.3) is 0 Å². The largest absolute Gasteiger partial charge is 0.494 e. The van der Waals surface area contributed by atoms with Crippen molar-refractivity contribution in [1.29, 1.82) is 0 Å². The number of ether oxygens (including phenoxy) is 3. The summed E-state index contributed by atoms with van der Waals surface area (Å²) in [5.41, 5.74) is 2.11. The molecule has 1 aliphatic rings. The number of nitrogens with one attached hydrogen (secondary N) is 2. The highest BCUT2D eigenvalue weighted by Gasteiger charge is 2.22. The Hall–Kier alpha value is -4.41. The van der Waals surface area contributed by atoms with Gasteiger partial charge >= 0.3 is 6.03 Å². The van der Waals surface area contributed by atoms with Crippen LogP contribution in [0.4, 0.5) is 16.3 Å². The molecule has 5 rings (SSSR count). The lowest BCUT2D eigenvalue weighted by molar-refractivity contribution is 0.0358. The maximum atomic E-state index is 13.0. The first kappa shape index (κ1) is 29.1. The van der Waals surface area contributed by atoms with Crippen molar-refractivity contribution in [3.8, 4) is 22.9 Å². The lowest BCUT2D eigenvalue weighted by Crippen LogP contribution is -2.37. The lowest BCUT2D eigenvalue weighted by atomic mass is 9.92. The molecule has 10 nitrogen and oxygen atoms in total. The van der Waals surface area contributed by atoms with Crippen molar-refractivity contribution in [2.45, 2.75) is 32.6 Å². The molecule has 42 heavy (non-hydrogen) atoms. The number of aromatic nitrogens is 3. The Bertz CT molecular complexity index is 1430. The van der Waals surface area contributed by atoms with E-state index in [-0.39, 0.29) is 11.4 Å². The smallest absolute Gasteiger partial charge is 0.324 e. The zero-order valence-corrected chi connectivity index (χ0v) is 24.4. The van der Waals surface area contributed by atoms with Gasteiger partial charge in [0.15, 0.2) is 0 Å². The third-order valence-electron chi connectivity index (χ3n) is 6.79. The number of nitrogens with zero attached hydrogens (tertiary/aromatic N) is 4. The first-order valence-electron chi connectivity index (χ1n) is 14.2. The van der Waals surface area contributed by atoms with Gasteiger partial charge in [0, 0.05) is 49.2 Å². The lowest BCUT2D eigenvalue weighted by Gasteiger charge is -2.26. The maximum Gasteiger partial charge on any atom is 0.324 e. The van der Waals surface area contributed by atoms with E-state index in [1.165, 1.54) is 0 Å². The van der Waals surface area contributed by atoms with Crippen molar-refractivity contribution < 1.29 is 19.0 Å². The molecule has 0 aliphatic carbocycles. The first-order valence-corrected chi connectivity index (χ1v) is 14.2. The van der Waals surface area contributed by atoms with Gasteiger partial charge in [-0.2, -0.15) is 5.10 Å².